The van der Waals surface area contributed by atoms with Gasteiger partial charge in [0.25, 0.3) is 0 Å². The summed E-state index contributed by atoms with van der Waals surface area (Å²) in [5, 5.41) is 4.61. The summed E-state index contributed by atoms with van der Waals surface area (Å²) in [5.74, 6) is 0.436. The van der Waals surface area contributed by atoms with E-state index in [0.717, 1.165) is 41.2 Å². The number of hydrogen-bond acceptors (Lipinski definition) is 4. The fourth-order valence-corrected chi connectivity index (χ4v) is 5.13. The Hall–Kier alpha value is -2.48. The summed E-state index contributed by atoms with van der Waals surface area (Å²) < 4.78 is 24.3. The number of aryl methyl sites for hydroxylation is 1. The molecular formula is C25H35N4O2S+. The molecule has 172 valence electrons. The highest BCUT2D eigenvalue weighted by atomic mass is 32.3. The molecule has 0 radical (unpaired) electrons. The molecule has 0 aliphatic rings. The summed E-state index contributed by atoms with van der Waals surface area (Å²) in [6, 6.07) is 16.2. The molecule has 0 bridgehead atoms. The predicted octanol–water partition coefficient (Wildman–Crippen LogP) is 5.10. The van der Waals surface area contributed by atoms with Gasteiger partial charge in [-0.25, -0.2) is 0 Å². The average molecular weight is 456 g/mol. The number of benzene rings is 2. The first kappa shape index (κ1) is 24.2. The standard InChI is InChI=1S/C25H35N4O2S/c1-18(2)15-24-25(19(3)29(6)26-24)27-32(30,31-7)23-13-11-21(12-14-23)22-10-8-9-20(16-22)17-28(4)5/h8-14,16,18H,15,17H2,1-7H3,(H,27,30)/q+1. The molecule has 0 amide bonds. The third kappa shape index (κ3) is 5.46. The Morgan fingerprint density at radius 3 is 2.41 bits per heavy atom. The molecule has 1 aromatic heterocycles. The number of rotatable bonds is 9. The second-order valence-electron chi connectivity index (χ2n) is 8.86. The molecule has 1 heterocycles. The van der Waals surface area contributed by atoms with Crippen molar-refractivity contribution >= 4 is 16.1 Å². The summed E-state index contributed by atoms with van der Waals surface area (Å²) >= 11 is 0. The Balaban J connectivity index is 1.90. The lowest BCUT2D eigenvalue weighted by atomic mass is 10.0. The van der Waals surface area contributed by atoms with Crippen molar-refractivity contribution in [3.8, 4) is 11.1 Å². The van der Waals surface area contributed by atoms with E-state index < -0.39 is 10.4 Å². The van der Waals surface area contributed by atoms with Crippen molar-refractivity contribution in [2.24, 2.45) is 13.0 Å². The highest BCUT2D eigenvalue weighted by Crippen LogP contribution is 2.31. The van der Waals surface area contributed by atoms with Crippen molar-refractivity contribution in [1.82, 2.24) is 14.7 Å². The summed E-state index contributed by atoms with van der Waals surface area (Å²) in [6.07, 6.45) is 0.797. The van der Waals surface area contributed by atoms with E-state index in [2.05, 4.69) is 66.9 Å². The van der Waals surface area contributed by atoms with E-state index >= 15 is 0 Å². The van der Waals surface area contributed by atoms with Crippen molar-refractivity contribution in [1.29, 1.82) is 0 Å². The van der Waals surface area contributed by atoms with Gasteiger partial charge >= 0.3 is 10.4 Å². The maximum absolute atomic E-state index is 13.8. The first-order valence-electron chi connectivity index (χ1n) is 10.9. The van der Waals surface area contributed by atoms with Crippen LogP contribution in [0.15, 0.2) is 53.4 Å². The monoisotopic (exact) mass is 455 g/mol. The van der Waals surface area contributed by atoms with Crippen LogP contribution in [0.5, 0.6) is 0 Å². The Kier molecular flexibility index (Phi) is 7.54. The molecule has 6 nitrogen and oxygen atoms in total. The SMILES string of the molecule is CO[S+](=O)(Nc1c(CC(C)C)nn(C)c1C)c1ccc(-c2cccc(CN(C)C)c2)cc1. The highest BCUT2D eigenvalue weighted by molar-refractivity contribution is 7.99. The fraction of sp³-hybridized carbons (Fsp3) is 0.400. The van der Waals surface area contributed by atoms with Gasteiger partial charge in [-0.05, 0) is 84.6 Å². The van der Waals surface area contributed by atoms with Crippen LogP contribution in [-0.4, -0.2) is 35.9 Å². The number of aromatic nitrogens is 2. The van der Waals surface area contributed by atoms with Crippen LogP contribution >= 0.6 is 0 Å². The predicted molar refractivity (Wildman–Crippen MR) is 133 cm³/mol. The normalized spacial score (nSPS) is 13.5. The molecule has 32 heavy (non-hydrogen) atoms. The van der Waals surface area contributed by atoms with E-state index in [9.17, 15) is 4.21 Å². The second kappa shape index (κ2) is 9.98. The number of nitrogens with one attached hydrogen (secondary N) is 1. The first-order chi connectivity index (χ1) is 15.1. The lowest BCUT2D eigenvalue weighted by Crippen LogP contribution is -2.24. The van der Waals surface area contributed by atoms with E-state index in [1.165, 1.54) is 12.7 Å². The molecule has 1 N–H and O–H groups in total. The van der Waals surface area contributed by atoms with Gasteiger partial charge in [0.15, 0.2) is 0 Å². The molecule has 0 aliphatic carbocycles. The fourth-order valence-electron chi connectivity index (χ4n) is 3.71. The van der Waals surface area contributed by atoms with Gasteiger partial charge in [0.2, 0.25) is 4.90 Å². The molecule has 2 aromatic carbocycles. The Labute approximate surface area is 193 Å². The van der Waals surface area contributed by atoms with Crippen LogP contribution in [0.4, 0.5) is 5.69 Å². The summed E-state index contributed by atoms with van der Waals surface area (Å²) in [4.78, 5) is 2.75. The summed E-state index contributed by atoms with van der Waals surface area (Å²) in [5.41, 5.74) is 6.08. The Morgan fingerprint density at radius 1 is 1.12 bits per heavy atom. The molecule has 1 atom stereocenters. The van der Waals surface area contributed by atoms with Gasteiger partial charge in [0.1, 0.15) is 5.69 Å². The van der Waals surface area contributed by atoms with Crippen molar-refractivity contribution in [3.05, 3.63) is 65.5 Å². The van der Waals surface area contributed by atoms with Crippen LogP contribution < -0.4 is 4.72 Å². The Morgan fingerprint density at radius 2 is 1.81 bits per heavy atom. The zero-order chi connectivity index (χ0) is 23.5. The lowest BCUT2D eigenvalue weighted by molar-refractivity contribution is 0.402. The van der Waals surface area contributed by atoms with Gasteiger partial charge in [-0.1, -0.05) is 32.0 Å². The van der Waals surface area contributed by atoms with Gasteiger partial charge in [-0.2, -0.15) is 9.82 Å². The van der Waals surface area contributed by atoms with Crippen LogP contribution in [0.3, 0.4) is 0 Å². The first-order valence-corrected chi connectivity index (χ1v) is 12.4. The molecule has 7 heteroatoms. The molecule has 0 saturated heterocycles. The summed E-state index contributed by atoms with van der Waals surface area (Å²) in [7, 11) is 4.54. The quantitative estimate of drug-likeness (QED) is 0.456. The van der Waals surface area contributed by atoms with Gasteiger partial charge in [-0.3, -0.25) is 4.68 Å². The van der Waals surface area contributed by atoms with Crippen LogP contribution in [0.1, 0.15) is 30.8 Å². The minimum Gasteiger partial charge on any atom is -0.305 e. The van der Waals surface area contributed by atoms with Gasteiger partial charge in [-0.15, -0.1) is 4.18 Å². The Bertz CT molecular complexity index is 1100. The molecule has 0 fully saturated rings. The number of hydrogen-bond donors (Lipinski definition) is 1. The molecule has 1 unspecified atom stereocenters. The highest BCUT2D eigenvalue weighted by Gasteiger charge is 2.35. The molecule has 3 aromatic rings. The van der Waals surface area contributed by atoms with E-state index in [0.29, 0.717) is 10.8 Å². The van der Waals surface area contributed by atoms with Gasteiger partial charge < -0.3 is 4.90 Å². The molecule has 3 rings (SSSR count). The number of anilines is 1. The van der Waals surface area contributed by atoms with Crippen LogP contribution in [0, 0.1) is 12.8 Å². The molecule has 0 aliphatic heterocycles. The topological polar surface area (TPSA) is 59.4 Å². The molecule has 0 spiro atoms. The molecular weight excluding hydrogens is 420 g/mol. The van der Waals surface area contributed by atoms with Crippen LogP contribution in [0.2, 0.25) is 0 Å². The second-order valence-corrected chi connectivity index (χ2v) is 10.9. The van der Waals surface area contributed by atoms with Crippen molar-refractivity contribution in [2.45, 2.75) is 38.6 Å². The van der Waals surface area contributed by atoms with Crippen LogP contribution in [0.25, 0.3) is 11.1 Å². The number of nitrogens with zero attached hydrogens (tertiary/aromatic N) is 3. The average Bonchev–Trinajstić information content (AvgIpc) is 3.00. The minimum absolute atomic E-state index is 0.436. The van der Waals surface area contributed by atoms with Crippen molar-refractivity contribution in [3.63, 3.8) is 0 Å². The van der Waals surface area contributed by atoms with Crippen molar-refractivity contribution < 1.29 is 8.39 Å². The van der Waals surface area contributed by atoms with Crippen molar-refractivity contribution in [2.75, 3.05) is 25.9 Å². The van der Waals surface area contributed by atoms with Gasteiger partial charge in [0, 0.05) is 13.6 Å². The molecule has 0 saturated carbocycles. The van der Waals surface area contributed by atoms with E-state index in [1.54, 1.807) is 0 Å². The largest absolute Gasteiger partial charge is 0.348 e. The smallest absolute Gasteiger partial charge is 0.305 e. The summed E-state index contributed by atoms with van der Waals surface area (Å²) in [6.45, 7) is 7.15. The zero-order valence-electron chi connectivity index (χ0n) is 20.2. The maximum atomic E-state index is 13.8. The third-order valence-corrected chi connectivity index (χ3v) is 7.24. The van der Waals surface area contributed by atoms with E-state index in [-0.39, 0.29) is 0 Å². The van der Waals surface area contributed by atoms with Gasteiger partial charge in [0.05, 0.1) is 18.5 Å². The lowest BCUT2D eigenvalue weighted by Gasteiger charge is -2.13. The van der Waals surface area contributed by atoms with E-state index in [1.807, 2.05) is 42.9 Å². The van der Waals surface area contributed by atoms with E-state index in [4.69, 9.17) is 4.18 Å². The maximum Gasteiger partial charge on any atom is 0.348 e. The minimum atomic E-state index is -2.96. The van der Waals surface area contributed by atoms with Crippen LogP contribution in [-0.2, 0) is 38.8 Å². The zero-order valence-corrected chi connectivity index (χ0v) is 21.0. The third-order valence-electron chi connectivity index (χ3n) is 5.40.